The molecule has 0 atom stereocenters. The van der Waals surface area contributed by atoms with Gasteiger partial charge in [-0.25, -0.2) is 8.42 Å². The molecule has 9 heteroatoms. The largest absolute Gasteiger partial charge is 0.353 e. The Balaban J connectivity index is 1.33. The highest BCUT2D eigenvalue weighted by Crippen LogP contribution is 2.19. The Bertz CT molecular complexity index is 949. The predicted octanol–water partition coefficient (Wildman–Crippen LogP) is 1.35. The molecule has 0 spiro atoms. The van der Waals surface area contributed by atoms with Gasteiger partial charge in [-0.05, 0) is 30.8 Å². The molecule has 0 saturated carbocycles. The standard InChI is InChI=1S/C21H28N6O2S/c1-24-10-12-25(13-11-24)20-7-8-21(23-22-20)26-14-16-27(17-15-26)30(28,29)18-9-19-5-3-2-4-6-19/h2-9,18H,10-17H2,1H3/b18-9+. The van der Waals surface area contributed by atoms with Crippen LogP contribution in [0.3, 0.4) is 0 Å². The fraction of sp³-hybridized carbons (Fsp3) is 0.429. The lowest BCUT2D eigenvalue weighted by Crippen LogP contribution is -2.48. The fourth-order valence-corrected chi connectivity index (χ4v) is 4.85. The number of aromatic nitrogens is 2. The maximum absolute atomic E-state index is 12.6. The predicted molar refractivity (Wildman–Crippen MR) is 120 cm³/mol. The zero-order chi connectivity index (χ0) is 21.0. The van der Waals surface area contributed by atoms with Gasteiger partial charge in [-0.1, -0.05) is 30.3 Å². The normalized spacial score (nSPS) is 19.5. The molecule has 0 radical (unpaired) electrons. The number of benzene rings is 1. The number of likely N-dealkylation sites (N-methyl/N-ethyl adjacent to an activating group) is 1. The minimum atomic E-state index is -3.43. The number of anilines is 2. The number of sulfonamides is 1. The molecule has 160 valence electrons. The smallest absolute Gasteiger partial charge is 0.236 e. The van der Waals surface area contributed by atoms with Crippen LogP contribution in [0.15, 0.2) is 47.9 Å². The van der Waals surface area contributed by atoms with Crippen molar-refractivity contribution in [3.05, 3.63) is 53.4 Å². The van der Waals surface area contributed by atoms with Gasteiger partial charge in [-0.15, -0.1) is 10.2 Å². The molecule has 1 aromatic carbocycles. The summed E-state index contributed by atoms with van der Waals surface area (Å²) in [7, 11) is -1.31. The molecule has 2 aliphatic heterocycles. The van der Waals surface area contributed by atoms with E-state index < -0.39 is 10.0 Å². The first-order valence-electron chi connectivity index (χ1n) is 10.3. The van der Waals surface area contributed by atoms with Gasteiger partial charge in [0, 0.05) is 57.8 Å². The highest BCUT2D eigenvalue weighted by molar-refractivity contribution is 7.92. The summed E-state index contributed by atoms with van der Waals surface area (Å²) in [5.41, 5.74) is 0.871. The minimum Gasteiger partial charge on any atom is -0.353 e. The quantitative estimate of drug-likeness (QED) is 0.712. The monoisotopic (exact) mass is 428 g/mol. The van der Waals surface area contributed by atoms with Crippen LogP contribution in [0, 0.1) is 0 Å². The third-order valence-electron chi connectivity index (χ3n) is 5.62. The summed E-state index contributed by atoms with van der Waals surface area (Å²) in [5.74, 6) is 1.70. The van der Waals surface area contributed by atoms with E-state index in [0.717, 1.165) is 43.4 Å². The Labute approximate surface area is 178 Å². The second-order valence-corrected chi connectivity index (χ2v) is 9.50. The third-order valence-corrected chi connectivity index (χ3v) is 7.18. The van der Waals surface area contributed by atoms with E-state index >= 15 is 0 Å². The Morgan fingerprint density at radius 1 is 0.767 bits per heavy atom. The van der Waals surface area contributed by atoms with Gasteiger partial charge >= 0.3 is 0 Å². The van der Waals surface area contributed by atoms with Crippen molar-refractivity contribution in [1.29, 1.82) is 0 Å². The molecule has 3 heterocycles. The van der Waals surface area contributed by atoms with Crippen LogP contribution in [0.2, 0.25) is 0 Å². The molecule has 0 N–H and O–H groups in total. The highest BCUT2D eigenvalue weighted by Gasteiger charge is 2.26. The molecule has 4 rings (SSSR count). The lowest BCUT2D eigenvalue weighted by atomic mass is 10.2. The van der Waals surface area contributed by atoms with E-state index in [2.05, 4.69) is 31.9 Å². The van der Waals surface area contributed by atoms with Crippen molar-refractivity contribution < 1.29 is 8.42 Å². The molecule has 2 aromatic rings. The van der Waals surface area contributed by atoms with Crippen LogP contribution in [0.25, 0.3) is 6.08 Å². The Kier molecular flexibility index (Phi) is 6.31. The van der Waals surface area contributed by atoms with Crippen LogP contribution in [-0.2, 0) is 10.0 Å². The number of hydrogen-bond acceptors (Lipinski definition) is 7. The van der Waals surface area contributed by atoms with Crippen LogP contribution in [0.4, 0.5) is 11.6 Å². The van der Waals surface area contributed by atoms with E-state index in [1.54, 1.807) is 6.08 Å². The third kappa shape index (κ3) is 4.97. The van der Waals surface area contributed by atoms with Gasteiger partial charge in [0.15, 0.2) is 11.6 Å². The van der Waals surface area contributed by atoms with Gasteiger partial charge in [-0.3, -0.25) is 0 Å². The lowest BCUT2D eigenvalue weighted by molar-refractivity contribution is 0.312. The van der Waals surface area contributed by atoms with Crippen molar-refractivity contribution in [2.24, 2.45) is 0 Å². The van der Waals surface area contributed by atoms with Gasteiger partial charge in [0.1, 0.15) is 0 Å². The number of piperazine rings is 2. The average molecular weight is 429 g/mol. The zero-order valence-electron chi connectivity index (χ0n) is 17.3. The number of hydrogen-bond donors (Lipinski definition) is 0. The second kappa shape index (κ2) is 9.11. The van der Waals surface area contributed by atoms with E-state index in [9.17, 15) is 8.42 Å². The van der Waals surface area contributed by atoms with Crippen molar-refractivity contribution in [2.45, 2.75) is 0 Å². The van der Waals surface area contributed by atoms with Crippen LogP contribution in [0.5, 0.6) is 0 Å². The van der Waals surface area contributed by atoms with Gasteiger partial charge in [-0.2, -0.15) is 4.31 Å². The van der Waals surface area contributed by atoms with Crippen LogP contribution in [0.1, 0.15) is 5.56 Å². The van der Waals surface area contributed by atoms with E-state index in [1.165, 1.54) is 9.71 Å². The Hall–Kier alpha value is -2.49. The molecule has 0 amide bonds. The maximum atomic E-state index is 12.6. The van der Waals surface area contributed by atoms with E-state index in [0.29, 0.717) is 26.2 Å². The molecule has 0 aliphatic carbocycles. The summed E-state index contributed by atoms with van der Waals surface area (Å²) in [5, 5.41) is 10.1. The second-order valence-electron chi connectivity index (χ2n) is 7.68. The van der Waals surface area contributed by atoms with E-state index in [4.69, 9.17) is 0 Å². The molecule has 1 aromatic heterocycles. The first-order valence-corrected chi connectivity index (χ1v) is 11.8. The summed E-state index contributed by atoms with van der Waals surface area (Å²) in [6.07, 6.45) is 1.64. The maximum Gasteiger partial charge on any atom is 0.236 e. The van der Waals surface area contributed by atoms with Gasteiger partial charge in [0.2, 0.25) is 10.0 Å². The Morgan fingerprint density at radius 2 is 1.30 bits per heavy atom. The van der Waals surface area contributed by atoms with Crippen molar-refractivity contribution >= 4 is 27.7 Å². The van der Waals surface area contributed by atoms with Crippen molar-refractivity contribution in [1.82, 2.24) is 19.4 Å². The SMILES string of the molecule is CN1CCN(c2ccc(N3CCN(S(=O)(=O)/C=C/c4ccccc4)CC3)nn2)CC1. The number of rotatable bonds is 5. The molecule has 0 unspecified atom stereocenters. The highest BCUT2D eigenvalue weighted by atomic mass is 32.2. The van der Waals surface area contributed by atoms with Crippen LogP contribution in [-0.4, -0.2) is 87.2 Å². The first kappa shape index (κ1) is 20.8. The van der Waals surface area contributed by atoms with Crippen molar-refractivity contribution in [3.63, 3.8) is 0 Å². The summed E-state index contributed by atoms with van der Waals surface area (Å²) in [4.78, 5) is 6.65. The first-order chi connectivity index (χ1) is 14.5. The van der Waals surface area contributed by atoms with E-state index in [1.807, 2.05) is 42.5 Å². The van der Waals surface area contributed by atoms with Gasteiger partial charge < -0.3 is 14.7 Å². The molecule has 0 bridgehead atoms. The van der Waals surface area contributed by atoms with Gasteiger partial charge in [0.05, 0.1) is 0 Å². The average Bonchev–Trinajstić information content (AvgIpc) is 2.79. The van der Waals surface area contributed by atoms with Gasteiger partial charge in [0.25, 0.3) is 0 Å². The van der Waals surface area contributed by atoms with Crippen LogP contribution < -0.4 is 9.80 Å². The zero-order valence-corrected chi connectivity index (χ0v) is 18.1. The molecule has 8 nitrogen and oxygen atoms in total. The summed E-state index contributed by atoms with van der Waals surface area (Å²) in [6.45, 7) is 6.03. The fourth-order valence-electron chi connectivity index (χ4n) is 3.68. The molecule has 2 fully saturated rings. The topological polar surface area (TPSA) is 72.9 Å². The molecular weight excluding hydrogens is 400 g/mol. The molecule has 2 saturated heterocycles. The molecular formula is C21H28N6O2S. The van der Waals surface area contributed by atoms with Crippen molar-refractivity contribution in [2.75, 3.05) is 69.2 Å². The van der Waals surface area contributed by atoms with Crippen LogP contribution >= 0.6 is 0 Å². The summed E-state index contributed by atoms with van der Waals surface area (Å²) < 4.78 is 26.8. The Morgan fingerprint density at radius 3 is 1.83 bits per heavy atom. The molecule has 30 heavy (non-hydrogen) atoms. The van der Waals surface area contributed by atoms with E-state index in [-0.39, 0.29) is 0 Å². The number of nitrogens with zero attached hydrogens (tertiary/aromatic N) is 6. The summed E-state index contributed by atoms with van der Waals surface area (Å²) >= 11 is 0. The molecule has 2 aliphatic rings. The summed E-state index contributed by atoms with van der Waals surface area (Å²) in [6, 6.07) is 13.5. The van der Waals surface area contributed by atoms with Crippen molar-refractivity contribution in [3.8, 4) is 0 Å². The minimum absolute atomic E-state index is 0.434. The lowest BCUT2D eigenvalue weighted by Gasteiger charge is -2.35.